The van der Waals surface area contributed by atoms with Gasteiger partial charge in [0, 0.05) is 25.6 Å². The lowest BCUT2D eigenvalue weighted by Gasteiger charge is -2.32. The molecule has 0 aromatic carbocycles. The third kappa shape index (κ3) is 5.93. The largest absolute Gasteiger partial charge is 0.356 e. The molecule has 2 amide bonds. The Morgan fingerprint density at radius 2 is 1.86 bits per heavy atom. The van der Waals surface area contributed by atoms with E-state index in [2.05, 4.69) is 24.1 Å². The molecule has 6 heteroatoms. The van der Waals surface area contributed by atoms with Gasteiger partial charge in [0.1, 0.15) is 0 Å². The Morgan fingerprint density at radius 3 is 2.36 bits per heavy atom. The highest BCUT2D eigenvalue weighted by Gasteiger charge is 2.28. The molecule has 1 aliphatic heterocycles. The van der Waals surface area contributed by atoms with Gasteiger partial charge in [-0.1, -0.05) is 13.8 Å². The number of carbonyl (C=O) groups is 2. The highest BCUT2D eigenvalue weighted by atomic mass is 16.2. The normalized spacial score (nSPS) is 17.6. The molecule has 1 unspecified atom stereocenters. The first-order chi connectivity index (χ1) is 10.5. The number of carbonyl (C=O) groups excluding carboxylic acids is 2. The van der Waals surface area contributed by atoms with Crippen LogP contribution in [0.3, 0.4) is 0 Å². The molecule has 1 aliphatic rings. The number of hydrogen-bond donors (Lipinski definition) is 2. The lowest BCUT2D eigenvalue weighted by molar-refractivity contribution is -0.136. The van der Waals surface area contributed by atoms with Crippen molar-refractivity contribution in [1.29, 1.82) is 0 Å². The molecule has 22 heavy (non-hydrogen) atoms. The van der Waals surface area contributed by atoms with Gasteiger partial charge in [0.15, 0.2) is 0 Å². The summed E-state index contributed by atoms with van der Waals surface area (Å²) in [5, 5.41) is 3.03. The van der Waals surface area contributed by atoms with Crippen LogP contribution in [0, 0.1) is 5.92 Å². The molecule has 3 N–H and O–H groups in total. The van der Waals surface area contributed by atoms with Crippen LogP contribution in [0.2, 0.25) is 0 Å². The van der Waals surface area contributed by atoms with Crippen molar-refractivity contribution >= 4 is 11.8 Å². The van der Waals surface area contributed by atoms with E-state index in [1.807, 2.05) is 0 Å². The van der Waals surface area contributed by atoms with E-state index in [1.165, 1.54) is 0 Å². The van der Waals surface area contributed by atoms with Crippen LogP contribution < -0.4 is 11.1 Å². The molecule has 1 heterocycles. The van der Waals surface area contributed by atoms with E-state index in [4.69, 9.17) is 5.73 Å². The van der Waals surface area contributed by atoms with Crippen LogP contribution in [0.5, 0.6) is 0 Å². The van der Waals surface area contributed by atoms with Gasteiger partial charge in [-0.15, -0.1) is 0 Å². The second-order valence-electron chi connectivity index (χ2n) is 6.06. The molecule has 6 nitrogen and oxygen atoms in total. The molecule has 0 aromatic rings. The summed E-state index contributed by atoms with van der Waals surface area (Å²) >= 11 is 0. The minimum atomic E-state index is -0.453. The van der Waals surface area contributed by atoms with Crippen LogP contribution in [-0.2, 0) is 9.59 Å². The summed E-state index contributed by atoms with van der Waals surface area (Å²) in [5.41, 5.74) is 5.62. The summed E-state index contributed by atoms with van der Waals surface area (Å²) in [6.07, 6.45) is 2.45. The van der Waals surface area contributed by atoms with Gasteiger partial charge in [-0.2, -0.15) is 0 Å². The average Bonchev–Trinajstić information content (AvgIpc) is 2.54. The number of nitrogens with one attached hydrogen (secondary N) is 1. The van der Waals surface area contributed by atoms with Crippen LogP contribution in [-0.4, -0.2) is 66.9 Å². The van der Waals surface area contributed by atoms with Gasteiger partial charge in [-0.05, 0) is 45.8 Å². The summed E-state index contributed by atoms with van der Waals surface area (Å²) in [4.78, 5) is 28.1. The minimum Gasteiger partial charge on any atom is -0.356 e. The van der Waals surface area contributed by atoms with Crippen LogP contribution in [0.4, 0.5) is 0 Å². The zero-order valence-corrected chi connectivity index (χ0v) is 14.3. The molecule has 0 radical (unpaired) electrons. The number of likely N-dealkylation sites (tertiary alicyclic amines) is 1. The summed E-state index contributed by atoms with van der Waals surface area (Å²) in [6, 6.07) is -0.453. The van der Waals surface area contributed by atoms with Crippen LogP contribution >= 0.6 is 0 Å². The molecular formula is C16H32N4O2. The van der Waals surface area contributed by atoms with Gasteiger partial charge in [0.25, 0.3) is 0 Å². The molecule has 128 valence electrons. The molecule has 1 rings (SSSR count). The third-order valence-electron chi connectivity index (χ3n) is 4.41. The van der Waals surface area contributed by atoms with Crippen molar-refractivity contribution in [3.05, 3.63) is 0 Å². The topological polar surface area (TPSA) is 78.7 Å². The van der Waals surface area contributed by atoms with Crippen molar-refractivity contribution < 1.29 is 9.59 Å². The maximum atomic E-state index is 12.1. The SMILES string of the molecule is CCN(CC)CCCNC(=O)C1CCN(C(=O)C(C)N)CC1. The van der Waals surface area contributed by atoms with Crippen LogP contribution in [0.1, 0.15) is 40.0 Å². The quantitative estimate of drug-likeness (QED) is 0.637. The Kier molecular flexibility index (Phi) is 8.42. The smallest absolute Gasteiger partial charge is 0.239 e. The molecule has 1 saturated heterocycles. The minimum absolute atomic E-state index is 0.0157. The summed E-state index contributed by atoms with van der Waals surface area (Å²) in [7, 11) is 0. The monoisotopic (exact) mass is 312 g/mol. The predicted molar refractivity (Wildman–Crippen MR) is 88.4 cm³/mol. The zero-order valence-electron chi connectivity index (χ0n) is 14.3. The fourth-order valence-electron chi connectivity index (χ4n) is 2.85. The van der Waals surface area contributed by atoms with Gasteiger partial charge in [0.2, 0.25) is 11.8 Å². The van der Waals surface area contributed by atoms with E-state index in [9.17, 15) is 9.59 Å². The lowest BCUT2D eigenvalue weighted by atomic mass is 9.95. The maximum absolute atomic E-state index is 12.1. The highest BCUT2D eigenvalue weighted by molar-refractivity contribution is 5.82. The molecular weight excluding hydrogens is 280 g/mol. The molecule has 0 saturated carbocycles. The standard InChI is InChI=1S/C16H32N4O2/c1-4-19(5-2)10-6-9-18-15(21)14-7-11-20(12-8-14)16(22)13(3)17/h13-14H,4-12,17H2,1-3H3,(H,18,21). The van der Waals surface area contributed by atoms with Gasteiger partial charge in [-0.3, -0.25) is 9.59 Å². The number of nitrogens with zero attached hydrogens (tertiary/aromatic N) is 2. The van der Waals surface area contributed by atoms with Crippen molar-refractivity contribution in [2.24, 2.45) is 11.7 Å². The predicted octanol–water partition coefficient (Wildman–Crippen LogP) is 0.420. The number of rotatable bonds is 8. The third-order valence-corrected chi connectivity index (χ3v) is 4.41. The van der Waals surface area contributed by atoms with Crippen LogP contribution in [0.25, 0.3) is 0 Å². The van der Waals surface area contributed by atoms with Crippen molar-refractivity contribution in [3.8, 4) is 0 Å². The van der Waals surface area contributed by atoms with Crippen molar-refractivity contribution in [3.63, 3.8) is 0 Å². The number of hydrogen-bond acceptors (Lipinski definition) is 4. The van der Waals surface area contributed by atoms with E-state index >= 15 is 0 Å². The second kappa shape index (κ2) is 9.79. The lowest BCUT2D eigenvalue weighted by Crippen LogP contribution is -2.48. The number of amides is 2. The van der Waals surface area contributed by atoms with Gasteiger partial charge in [-0.25, -0.2) is 0 Å². The van der Waals surface area contributed by atoms with Crippen molar-refractivity contribution in [2.75, 3.05) is 39.3 Å². The fraction of sp³-hybridized carbons (Fsp3) is 0.875. The second-order valence-corrected chi connectivity index (χ2v) is 6.06. The number of nitrogens with two attached hydrogens (primary N) is 1. The van der Waals surface area contributed by atoms with E-state index < -0.39 is 6.04 Å². The Labute approximate surface area is 134 Å². The zero-order chi connectivity index (χ0) is 16.5. The van der Waals surface area contributed by atoms with Gasteiger partial charge in [0.05, 0.1) is 6.04 Å². The summed E-state index contributed by atoms with van der Waals surface area (Å²) < 4.78 is 0. The summed E-state index contributed by atoms with van der Waals surface area (Å²) in [6.45, 7) is 11.1. The first-order valence-corrected chi connectivity index (χ1v) is 8.54. The number of piperidine rings is 1. The van der Waals surface area contributed by atoms with Gasteiger partial charge < -0.3 is 20.9 Å². The molecule has 0 aromatic heterocycles. The molecule has 1 fully saturated rings. The highest BCUT2D eigenvalue weighted by Crippen LogP contribution is 2.17. The Balaban J connectivity index is 2.21. The average molecular weight is 312 g/mol. The molecule has 0 aliphatic carbocycles. The van der Waals surface area contributed by atoms with Crippen molar-refractivity contribution in [1.82, 2.24) is 15.1 Å². The van der Waals surface area contributed by atoms with Gasteiger partial charge >= 0.3 is 0 Å². The Bertz CT molecular complexity index is 348. The first kappa shape index (κ1) is 18.9. The van der Waals surface area contributed by atoms with E-state index in [0.29, 0.717) is 13.1 Å². The Hall–Kier alpha value is -1.14. The summed E-state index contributed by atoms with van der Waals surface area (Å²) in [5.74, 6) is 0.149. The fourth-order valence-corrected chi connectivity index (χ4v) is 2.85. The van der Waals surface area contributed by atoms with E-state index in [1.54, 1.807) is 11.8 Å². The molecule has 1 atom stereocenters. The van der Waals surface area contributed by atoms with E-state index in [0.717, 1.165) is 45.4 Å². The Morgan fingerprint density at radius 1 is 1.27 bits per heavy atom. The first-order valence-electron chi connectivity index (χ1n) is 8.54. The van der Waals surface area contributed by atoms with Crippen LogP contribution in [0.15, 0.2) is 0 Å². The maximum Gasteiger partial charge on any atom is 0.239 e. The van der Waals surface area contributed by atoms with Crippen molar-refractivity contribution in [2.45, 2.75) is 46.1 Å². The molecule has 0 bridgehead atoms. The van der Waals surface area contributed by atoms with E-state index in [-0.39, 0.29) is 17.7 Å². The molecule has 0 spiro atoms.